The Morgan fingerprint density at radius 1 is 1.57 bits per heavy atom. The Hall–Kier alpha value is -2.60. The second-order valence-corrected chi connectivity index (χ2v) is 5.47. The summed E-state index contributed by atoms with van der Waals surface area (Å²) in [6, 6.07) is 2.01. The van der Waals surface area contributed by atoms with Crippen LogP contribution in [0.3, 0.4) is 0 Å². The largest absolute Gasteiger partial charge is 0.396 e. The number of nitriles is 1. The van der Waals surface area contributed by atoms with Gasteiger partial charge in [-0.25, -0.2) is 0 Å². The number of nitrogens with two attached hydrogens (primary N) is 1. The van der Waals surface area contributed by atoms with Crippen LogP contribution in [0.1, 0.15) is 27.0 Å². The van der Waals surface area contributed by atoms with Crippen LogP contribution in [0.5, 0.6) is 0 Å². The van der Waals surface area contributed by atoms with Gasteiger partial charge in [-0.05, 0) is 6.92 Å². The number of hydrogen-bond donors (Lipinski definition) is 2. The molecule has 0 aliphatic rings. The minimum Gasteiger partial charge on any atom is -0.396 e. The van der Waals surface area contributed by atoms with Gasteiger partial charge in [-0.1, -0.05) is 5.16 Å². The Balaban J connectivity index is 2.25. The number of nitrogens with zero attached hydrogens (tertiary/aromatic N) is 4. The maximum atomic E-state index is 12.0. The molecule has 2 rings (SSSR count). The molecule has 2 aromatic rings. The molecule has 0 saturated carbocycles. The van der Waals surface area contributed by atoms with Crippen LogP contribution in [0.2, 0.25) is 0 Å². The Morgan fingerprint density at radius 2 is 2.29 bits per heavy atom. The summed E-state index contributed by atoms with van der Waals surface area (Å²) in [5.41, 5.74) is 6.31. The van der Waals surface area contributed by atoms with Crippen molar-refractivity contribution in [1.29, 1.82) is 5.26 Å². The van der Waals surface area contributed by atoms with E-state index in [1.807, 2.05) is 6.07 Å². The Morgan fingerprint density at radius 3 is 2.81 bits per heavy atom. The van der Waals surface area contributed by atoms with Gasteiger partial charge in [0.2, 0.25) is 5.89 Å². The highest BCUT2D eigenvalue weighted by Crippen LogP contribution is 2.35. The van der Waals surface area contributed by atoms with Crippen molar-refractivity contribution in [3.63, 3.8) is 0 Å². The number of thiophene rings is 1. The number of carbonyl (C=O) groups is 1. The fourth-order valence-corrected chi connectivity index (χ4v) is 2.70. The first kappa shape index (κ1) is 14.8. The molecule has 9 heteroatoms. The second-order valence-electron chi connectivity index (χ2n) is 4.45. The third kappa shape index (κ3) is 2.95. The van der Waals surface area contributed by atoms with Gasteiger partial charge in [-0.2, -0.15) is 10.2 Å². The summed E-state index contributed by atoms with van der Waals surface area (Å²) in [6.45, 7) is 1.97. The number of hydrogen-bond acceptors (Lipinski definition) is 8. The van der Waals surface area contributed by atoms with Gasteiger partial charge in [0.05, 0.1) is 12.2 Å². The number of aryl methyl sites for hydroxylation is 1. The molecule has 8 nitrogen and oxygen atoms in total. The van der Waals surface area contributed by atoms with E-state index in [9.17, 15) is 10.1 Å². The van der Waals surface area contributed by atoms with Gasteiger partial charge in [0.25, 0.3) is 5.91 Å². The average Bonchev–Trinajstić information content (AvgIpc) is 2.99. The van der Waals surface area contributed by atoms with Crippen LogP contribution in [0, 0.1) is 18.3 Å². The number of anilines is 2. The summed E-state index contributed by atoms with van der Waals surface area (Å²) in [7, 11) is 3.25. The van der Waals surface area contributed by atoms with Crippen molar-refractivity contribution in [2.45, 2.75) is 13.5 Å². The molecule has 2 heterocycles. The molecule has 0 saturated heterocycles. The summed E-state index contributed by atoms with van der Waals surface area (Å²) in [5, 5.41) is 16.4. The maximum Gasteiger partial charge on any atom is 0.265 e. The minimum absolute atomic E-state index is 0.186. The highest BCUT2D eigenvalue weighted by atomic mass is 32.1. The smallest absolute Gasteiger partial charge is 0.265 e. The van der Waals surface area contributed by atoms with E-state index >= 15 is 0 Å². The lowest BCUT2D eigenvalue weighted by molar-refractivity contribution is 0.0833. The molecule has 0 aliphatic heterocycles. The third-order valence-electron chi connectivity index (χ3n) is 2.63. The molecule has 0 aromatic carbocycles. The van der Waals surface area contributed by atoms with Crippen molar-refractivity contribution in [3.05, 3.63) is 22.2 Å². The second kappa shape index (κ2) is 5.80. The average molecular weight is 306 g/mol. The molecule has 0 fully saturated rings. The zero-order valence-electron chi connectivity index (χ0n) is 11.8. The first-order valence-electron chi connectivity index (χ1n) is 6.01. The minimum atomic E-state index is -0.240. The molecule has 0 atom stereocenters. The fourth-order valence-electron chi connectivity index (χ4n) is 1.61. The van der Waals surface area contributed by atoms with Crippen LogP contribution >= 0.6 is 11.3 Å². The van der Waals surface area contributed by atoms with E-state index in [-0.39, 0.29) is 23.7 Å². The summed E-state index contributed by atoms with van der Waals surface area (Å²) < 4.78 is 4.97. The molecular formula is C12H14N6O2S. The van der Waals surface area contributed by atoms with Gasteiger partial charge in [0.1, 0.15) is 21.5 Å². The van der Waals surface area contributed by atoms with Crippen LogP contribution in [-0.2, 0) is 6.54 Å². The molecule has 21 heavy (non-hydrogen) atoms. The third-order valence-corrected chi connectivity index (χ3v) is 3.78. The fraction of sp³-hybridized carbons (Fsp3) is 0.333. The zero-order chi connectivity index (χ0) is 15.6. The topological polar surface area (TPSA) is 121 Å². The maximum absolute atomic E-state index is 12.0. The SMILES string of the molecule is Cc1noc(CNc2sc(C(=O)N(C)C)c(N)c2C#N)n1. The first-order valence-corrected chi connectivity index (χ1v) is 6.82. The highest BCUT2D eigenvalue weighted by molar-refractivity contribution is 7.18. The van der Waals surface area contributed by atoms with Crippen LogP contribution < -0.4 is 11.1 Å². The predicted molar refractivity (Wildman–Crippen MR) is 77.8 cm³/mol. The van der Waals surface area contributed by atoms with E-state index in [0.29, 0.717) is 21.6 Å². The standard InChI is InChI=1S/C12H14N6O2S/c1-6-16-8(20-17-6)5-15-11-7(4-13)9(14)10(21-11)12(19)18(2)3/h15H,5,14H2,1-3H3. The number of aromatic nitrogens is 2. The molecule has 3 N–H and O–H groups in total. The van der Waals surface area contributed by atoms with Gasteiger partial charge in [-0.3, -0.25) is 4.79 Å². The molecule has 2 aromatic heterocycles. The van der Waals surface area contributed by atoms with Gasteiger partial charge < -0.3 is 20.5 Å². The monoisotopic (exact) mass is 306 g/mol. The molecule has 0 unspecified atom stereocenters. The first-order chi connectivity index (χ1) is 9.93. The van der Waals surface area contributed by atoms with E-state index in [1.54, 1.807) is 21.0 Å². The molecule has 0 radical (unpaired) electrons. The Bertz CT molecular complexity index is 712. The summed E-state index contributed by atoms with van der Waals surface area (Å²) in [4.78, 5) is 17.8. The van der Waals surface area contributed by atoms with E-state index in [0.717, 1.165) is 11.3 Å². The van der Waals surface area contributed by atoms with E-state index in [1.165, 1.54) is 4.90 Å². The van der Waals surface area contributed by atoms with Crippen molar-refractivity contribution in [1.82, 2.24) is 15.0 Å². The summed E-state index contributed by atoms with van der Waals surface area (Å²) >= 11 is 1.13. The number of nitrogen functional groups attached to an aromatic ring is 1. The van der Waals surface area contributed by atoms with Crippen LogP contribution in [0.15, 0.2) is 4.52 Å². The molecule has 0 spiro atoms. The zero-order valence-corrected chi connectivity index (χ0v) is 12.6. The van der Waals surface area contributed by atoms with Crippen molar-refractivity contribution in [3.8, 4) is 6.07 Å². The number of rotatable bonds is 4. The van der Waals surface area contributed by atoms with Crippen LogP contribution in [0.4, 0.5) is 10.7 Å². The van der Waals surface area contributed by atoms with Crippen molar-refractivity contribution >= 4 is 27.9 Å². The Kier molecular flexibility index (Phi) is 4.09. The lowest BCUT2D eigenvalue weighted by atomic mass is 10.2. The van der Waals surface area contributed by atoms with Gasteiger partial charge in [-0.15, -0.1) is 11.3 Å². The quantitative estimate of drug-likeness (QED) is 0.870. The molecule has 0 bridgehead atoms. The normalized spacial score (nSPS) is 10.2. The molecule has 1 amide bonds. The predicted octanol–water partition coefficient (Wildman–Crippen LogP) is 1.21. The molecular weight excluding hydrogens is 292 g/mol. The van der Waals surface area contributed by atoms with Crippen molar-refractivity contribution in [2.75, 3.05) is 25.1 Å². The van der Waals surface area contributed by atoms with Crippen LogP contribution in [-0.4, -0.2) is 35.0 Å². The number of nitrogens with one attached hydrogen (secondary N) is 1. The van der Waals surface area contributed by atoms with Crippen molar-refractivity contribution < 1.29 is 9.32 Å². The number of amides is 1. The summed E-state index contributed by atoms with van der Waals surface area (Å²) in [5.74, 6) is 0.681. The number of carbonyl (C=O) groups excluding carboxylic acids is 1. The van der Waals surface area contributed by atoms with E-state index in [2.05, 4.69) is 15.5 Å². The van der Waals surface area contributed by atoms with Crippen LogP contribution in [0.25, 0.3) is 0 Å². The molecule has 110 valence electrons. The van der Waals surface area contributed by atoms with Gasteiger partial charge in [0.15, 0.2) is 5.82 Å². The lowest BCUT2D eigenvalue weighted by Gasteiger charge is -2.08. The van der Waals surface area contributed by atoms with E-state index < -0.39 is 0 Å². The summed E-state index contributed by atoms with van der Waals surface area (Å²) in [6.07, 6.45) is 0. The van der Waals surface area contributed by atoms with Crippen molar-refractivity contribution in [2.24, 2.45) is 0 Å². The Labute approximate surface area is 125 Å². The van der Waals surface area contributed by atoms with E-state index in [4.69, 9.17) is 10.3 Å². The molecule has 0 aliphatic carbocycles. The lowest BCUT2D eigenvalue weighted by Crippen LogP contribution is -2.21. The highest BCUT2D eigenvalue weighted by Gasteiger charge is 2.22. The van der Waals surface area contributed by atoms with Gasteiger partial charge >= 0.3 is 0 Å². The van der Waals surface area contributed by atoms with Gasteiger partial charge in [0, 0.05) is 14.1 Å².